The van der Waals surface area contributed by atoms with E-state index in [1.807, 2.05) is 79.1 Å². The van der Waals surface area contributed by atoms with E-state index in [-0.39, 0.29) is 42.6 Å². The zero-order valence-corrected chi connectivity index (χ0v) is 36.7. The first-order valence-electron chi connectivity index (χ1n) is 23.5. The summed E-state index contributed by atoms with van der Waals surface area (Å²) in [6.45, 7) is 6.16. The normalized spacial score (nSPS) is 14.2. The summed E-state index contributed by atoms with van der Waals surface area (Å²) in [5.41, 5.74) is 8.03. The fraction of sp³-hybridized carbons (Fsp3) is 0.200. The van der Waals surface area contributed by atoms with Crippen molar-refractivity contribution in [1.29, 1.82) is 0 Å². The molecule has 5 aromatic heterocycles. The van der Waals surface area contributed by atoms with Crippen LogP contribution in [0.4, 0.5) is 0 Å². The van der Waals surface area contributed by atoms with Crippen LogP contribution >= 0.6 is 0 Å². The number of aromatic nitrogens is 4. The second-order valence-electron chi connectivity index (χ2n) is 16.5. The van der Waals surface area contributed by atoms with Gasteiger partial charge < -0.3 is 19.4 Å². The average molecular weight is 979 g/mol. The minimum atomic E-state index is -2.54. The van der Waals surface area contributed by atoms with Crippen molar-refractivity contribution in [3.05, 3.63) is 203 Å². The van der Waals surface area contributed by atoms with Crippen LogP contribution in [0.5, 0.6) is 0 Å². The molecule has 0 saturated heterocycles. The van der Waals surface area contributed by atoms with Crippen LogP contribution in [-0.2, 0) is 56.5 Å². The zero-order chi connectivity index (χ0) is 47.4. The van der Waals surface area contributed by atoms with Crippen molar-refractivity contribution in [2.24, 2.45) is 0 Å². The Morgan fingerprint density at radius 2 is 1.16 bits per heavy atom. The smallest absolute Gasteiger partial charge is 0.486 e. The van der Waals surface area contributed by atoms with Crippen LogP contribution in [0.1, 0.15) is 76.4 Å². The van der Waals surface area contributed by atoms with Crippen LogP contribution in [0.25, 0.3) is 55.8 Å². The first-order chi connectivity index (χ1) is 31.8. The van der Waals surface area contributed by atoms with E-state index in [9.17, 15) is 5.48 Å². The van der Waals surface area contributed by atoms with Crippen LogP contribution < -0.4 is 0 Å². The average Bonchev–Trinajstić information content (AvgIpc) is 3.70. The minimum Gasteiger partial charge on any atom is -0.486 e. The molecular formula is C55H47IrN4O. The maximum absolute atomic E-state index is 9.62. The van der Waals surface area contributed by atoms with Gasteiger partial charge in [0.05, 0.1) is 5.58 Å². The van der Waals surface area contributed by atoms with Gasteiger partial charge in [-0.3, -0.25) is 0 Å². The number of rotatable bonds is 12. The number of benzene rings is 4. The van der Waals surface area contributed by atoms with Crippen LogP contribution in [0.15, 0.2) is 150 Å². The first-order valence-corrected chi connectivity index (χ1v) is 20.0. The summed E-state index contributed by atoms with van der Waals surface area (Å²) in [7, 11) is 0. The summed E-state index contributed by atoms with van der Waals surface area (Å²) in [6.07, 6.45) is 1.15. The van der Waals surface area contributed by atoms with Gasteiger partial charge in [-0.1, -0.05) is 93.2 Å². The third-order valence-corrected chi connectivity index (χ3v) is 11.1. The third kappa shape index (κ3) is 9.17. The van der Waals surface area contributed by atoms with E-state index in [0.717, 1.165) is 44.8 Å². The maximum Gasteiger partial charge on any atom is 3.00 e. The molecule has 0 radical (unpaired) electrons. The van der Waals surface area contributed by atoms with E-state index >= 15 is 0 Å². The molecule has 0 aliphatic heterocycles. The van der Waals surface area contributed by atoms with Crippen molar-refractivity contribution >= 4 is 22.1 Å². The Labute approximate surface area is 382 Å². The molecule has 0 aliphatic carbocycles. The SMILES string of the molecule is [2H]C([2H])([2H])c1ccc2c(n1)oc1c(-c3ccc(C([2H])([2H])C([2H])([2H])c4cc(CC(C)(C)c5ccc(-c6[c-]cccc6)nc5)cc(CC(C)(C)c5ccc(-c6[c-]cccc6)nc5)c4)cn3)[c-]ccc12.[Ir+3]. The monoisotopic (exact) mass is 979 g/mol. The summed E-state index contributed by atoms with van der Waals surface area (Å²) >= 11 is 0. The van der Waals surface area contributed by atoms with Crippen molar-refractivity contribution in [3.8, 4) is 33.8 Å². The number of aryl methyl sites for hydroxylation is 3. The summed E-state index contributed by atoms with van der Waals surface area (Å²) in [4.78, 5) is 18.5. The molecule has 0 amide bonds. The number of hydrogen-bond donors (Lipinski definition) is 0. The van der Waals surface area contributed by atoms with Crippen molar-refractivity contribution < 1.29 is 34.1 Å². The quantitative estimate of drug-likeness (QED) is 0.114. The molecule has 9 rings (SSSR count). The van der Waals surface area contributed by atoms with Crippen LogP contribution in [0.3, 0.4) is 0 Å². The summed E-state index contributed by atoms with van der Waals surface area (Å²) < 4.78 is 67.6. The molecule has 0 saturated carbocycles. The predicted octanol–water partition coefficient (Wildman–Crippen LogP) is 12.7. The van der Waals surface area contributed by atoms with Crippen LogP contribution in [0, 0.1) is 25.1 Å². The molecule has 5 nitrogen and oxygen atoms in total. The Morgan fingerprint density at radius 1 is 0.574 bits per heavy atom. The van der Waals surface area contributed by atoms with E-state index in [1.165, 1.54) is 12.3 Å². The molecule has 5 heterocycles. The molecule has 0 bridgehead atoms. The topological polar surface area (TPSA) is 64.7 Å². The fourth-order valence-corrected chi connectivity index (χ4v) is 7.85. The van der Waals surface area contributed by atoms with E-state index in [1.54, 1.807) is 36.4 Å². The van der Waals surface area contributed by atoms with Crippen LogP contribution in [-0.4, -0.2) is 19.9 Å². The van der Waals surface area contributed by atoms with E-state index in [2.05, 4.69) is 74.1 Å². The van der Waals surface area contributed by atoms with Gasteiger partial charge in [0.2, 0.25) is 5.71 Å². The zero-order valence-electron chi connectivity index (χ0n) is 41.3. The second kappa shape index (κ2) is 17.5. The van der Waals surface area contributed by atoms with Gasteiger partial charge >= 0.3 is 20.1 Å². The van der Waals surface area contributed by atoms with Gasteiger partial charge in [-0.2, -0.15) is 0 Å². The largest absolute Gasteiger partial charge is 3.00 e. The fourth-order valence-electron chi connectivity index (χ4n) is 7.85. The summed E-state index contributed by atoms with van der Waals surface area (Å²) in [5.74, 6) is 0. The van der Waals surface area contributed by atoms with Gasteiger partial charge in [-0.25, -0.2) is 4.98 Å². The Bertz CT molecular complexity index is 3100. The molecule has 4 aromatic carbocycles. The first kappa shape index (κ1) is 33.6. The second-order valence-corrected chi connectivity index (χ2v) is 16.5. The van der Waals surface area contributed by atoms with Gasteiger partial charge in [0, 0.05) is 39.3 Å². The summed E-state index contributed by atoms with van der Waals surface area (Å²) in [5, 5.41) is 1.34. The van der Waals surface area contributed by atoms with Crippen molar-refractivity contribution in [2.75, 3.05) is 0 Å². The summed E-state index contributed by atoms with van der Waals surface area (Å²) in [6, 6.07) is 48.8. The number of fused-ring (bicyclic) bond motifs is 3. The minimum absolute atomic E-state index is 0. The number of nitrogens with zero attached hydrogens (tertiary/aromatic N) is 4. The van der Waals surface area contributed by atoms with Crippen molar-refractivity contribution in [1.82, 2.24) is 19.9 Å². The van der Waals surface area contributed by atoms with E-state index in [0.29, 0.717) is 40.5 Å². The van der Waals surface area contributed by atoms with Crippen molar-refractivity contribution in [2.45, 2.75) is 71.0 Å². The van der Waals surface area contributed by atoms with Gasteiger partial charge in [0.1, 0.15) is 0 Å². The molecule has 0 N–H and O–H groups in total. The molecule has 0 aliphatic rings. The number of hydrogen-bond acceptors (Lipinski definition) is 5. The Balaban J connectivity index is 0.00000625. The van der Waals surface area contributed by atoms with Gasteiger partial charge in [0.25, 0.3) is 0 Å². The molecule has 0 atom stereocenters. The van der Waals surface area contributed by atoms with Gasteiger partial charge in [-0.15, -0.1) is 90.0 Å². The Kier molecular flexibility index (Phi) is 9.64. The standard InChI is InChI=1S/C55H47N4O.Ir/c1-37-19-25-47-46-17-12-18-48(52(46)60-53(47)59-37)51-26-22-38(34-56-51)20-21-39-29-40(32-54(2,3)44-23-27-49(57-35-44)42-13-8-6-9-14-42)31-41(30-39)33-55(4,5)45-24-28-50(58-36-45)43-15-10-7-11-16-43;/h6-13,15,17,19,22-31,34-36H,20-21,32-33H2,1-5H3;/q-3;+3/i1D3,20D2,21D2;. The molecule has 302 valence electrons. The molecule has 0 fully saturated rings. The van der Waals surface area contributed by atoms with E-state index < -0.39 is 30.4 Å². The molecule has 0 unspecified atom stereocenters. The molecule has 9 aromatic rings. The van der Waals surface area contributed by atoms with E-state index in [4.69, 9.17) is 18.5 Å². The van der Waals surface area contributed by atoms with Gasteiger partial charge in [0.15, 0.2) is 0 Å². The van der Waals surface area contributed by atoms with Gasteiger partial charge in [-0.05, 0) is 106 Å². The Hall–Kier alpha value is -6.07. The third-order valence-electron chi connectivity index (χ3n) is 11.1. The predicted molar refractivity (Wildman–Crippen MR) is 243 cm³/mol. The number of furan rings is 1. The number of pyridine rings is 4. The molecule has 61 heavy (non-hydrogen) atoms. The maximum atomic E-state index is 9.62. The Morgan fingerprint density at radius 3 is 1.70 bits per heavy atom. The molecule has 0 spiro atoms. The molecular weight excluding hydrogens is 925 g/mol. The van der Waals surface area contributed by atoms with Crippen molar-refractivity contribution in [3.63, 3.8) is 0 Å². The van der Waals surface area contributed by atoms with Crippen LogP contribution in [0.2, 0.25) is 0 Å². The molecule has 6 heteroatoms.